The minimum atomic E-state index is -0.260. The number of carbonyl (C=O) groups is 1. The van der Waals surface area contributed by atoms with Crippen LogP contribution in [0, 0.1) is 6.92 Å². The van der Waals surface area contributed by atoms with E-state index in [9.17, 15) is 4.79 Å². The van der Waals surface area contributed by atoms with Crippen molar-refractivity contribution in [2.24, 2.45) is 0 Å². The van der Waals surface area contributed by atoms with Gasteiger partial charge in [-0.1, -0.05) is 23.7 Å². The minimum absolute atomic E-state index is 0.260. The molecule has 2 heterocycles. The Hall–Kier alpha value is -2.86. The highest BCUT2D eigenvalue weighted by atomic mass is 35.5. The number of nitrogens with zero attached hydrogens (tertiary/aromatic N) is 3. The highest BCUT2D eigenvalue weighted by Gasteiger charge is 2.17. The maximum Gasteiger partial charge on any atom is 0.274 e. The molecule has 0 fully saturated rings. The van der Waals surface area contributed by atoms with Gasteiger partial charge in [-0.15, -0.1) is 0 Å². The van der Waals surface area contributed by atoms with E-state index in [4.69, 9.17) is 11.6 Å². The summed E-state index contributed by atoms with van der Waals surface area (Å²) in [4.78, 5) is 18.7. The molecule has 0 unspecified atom stereocenters. The van der Waals surface area contributed by atoms with Crippen LogP contribution in [0.5, 0.6) is 0 Å². The molecule has 0 saturated carbocycles. The Morgan fingerprint density at radius 1 is 1.16 bits per heavy atom. The normalized spacial score (nSPS) is 10.6. The molecular formula is C18H18ClN5O. The van der Waals surface area contributed by atoms with E-state index in [1.807, 2.05) is 50.2 Å². The topological polar surface area (TPSA) is 73.9 Å². The number of nitrogens with one attached hydrogen (secondary N) is 2. The zero-order chi connectivity index (χ0) is 18.0. The van der Waals surface area contributed by atoms with Gasteiger partial charge in [0.25, 0.3) is 5.91 Å². The lowest BCUT2D eigenvalue weighted by molar-refractivity contribution is 0.102. The summed E-state index contributed by atoms with van der Waals surface area (Å²) in [6.45, 7) is 1.86. The van der Waals surface area contributed by atoms with Gasteiger partial charge in [0.2, 0.25) is 0 Å². The molecule has 0 aliphatic carbocycles. The first-order chi connectivity index (χ1) is 12.0. The number of carbonyl (C=O) groups excluding carboxylic acids is 1. The first-order valence-electron chi connectivity index (χ1n) is 7.71. The quantitative estimate of drug-likeness (QED) is 0.747. The van der Waals surface area contributed by atoms with Gasteiger partial charge in [0.05, 0.1) is 17.6 Å². The Labute approximate surface area is 150 Å². The number of H-pyrrole nitrogens is 1. The van der Waals surface area contributed by atoms with Crippen molar-refractivity contribution < 1.29 is 4.79 Å². The van der Waals surface area contributed by atoms with E-state index in [0.717, 1.165) is 22.6 Å². The third-order valence-corrected chi connectivity index (χ3v) is 4.07. The van der Waals surface area contributed by atoms with Crippen LogP contribution in [0.15, 0.2) is 42.6 Å². The zero-order valence-corrected chi connectivity index (χ0v) is 14.9. The number of hydrogen-bond donors (Lipinski definition) is 2. The van der Waals surface area contributed by atoms with Crippen molar-refractivity contribution in [2.75, 3.05) is 24.3 Å². The van der Waals surface area contributed by atoms with Crippen molar-refractivity contribution in [2.45, 2.75) is 6.92 Å². The molecule has 3 rings (SSSR count). The molecule has 1 amide bonds. The second-order valence-corrected chi connectivity index (χ2v) is 6.27. The Morgan fingerprint density at radius 2 is 1.88 bits per heavy atom. The number of aromatic amines is 1. The molecule has 0 bridgehead atoms. The fourth-order valence-corrected chi connectivity index (χ4v) is 2.55. The zero-order valence-electron chi connectivity index (χ0n) is 14.2. The number of aromatic nitrogens is 3. The average molecular weight is 356 g/mol. The van der Waals surface area contributed by atoms with Crippen LogP contribution in [0.25, 0.3) is 11.3 Å². The van der Waals surface area contributed by atoms with Crippen molar-refractivity contribution in [3.05, 3.63) is 58.9 Å². The van der Waals surface area contributed by atoms with E-state index < -0.39 is 0 Å². The number of rotatable bonds is 4. The standard InChI is InChI=1S/C18H18ClN5O/c1-11-16(12-4-6-13(19)7-5-12)22-23-17(11)18(25)21-14-8-9-15(20-10-14)24(2)3/h4-10H,1-3H3,(H,21,25)(H,22,23). The van der Waals surface area contributed by atoms with Crippen molar-refractivity contribution in [1.29, 1.82) is 0 Å². The highest BCUT2D eigenvalue weighted by Crippen LogP contribution is 2.25. The van der Waals surface area contributed by atoms with Crippen LogP contribution < -0.4 is 10.2 Å². The smallest absolute Gasteiger partial charge is 0.274 e. The lowest BCUT2D eigenvalue weighted by atomic mass is 10.1. The number of halogens is 1. The SMILES string of the molecule is Cc1c(-c2ccc(Cl)cc2)n[nH]c1C(=O)Nc1ccc(N(C)C)nc1. The summed E-state index contributed by atoms with van der Waals surface area (Å²) in [6.07, 6.45) is 1.62. The van der Waals surface area contributed by atoms with Crippen molar-refractivity contribution in [3.8, 4) is 11.3 Å². The molecule has 0 radical (unpaired) electrons. The van der Waals surface area contributed by atoms with Crippen molar-refractivity contribution >= 4 is 29.0 Å². The van der Waals surface area contributed by atoms with E-state index in [0.29, 0.717) is 16.4 Å². The van der Waals surface area contributed by atoms with Crippen LogP contribution in [0.2, 0.25) is 5.02 Å². The average Bonchev–Trinajstić information content (AvgIpc) is 2.98. The number of amides is 1. The lowest BCUT2D eigenvalue weighted by Gasteiger charge is -2.11. The summed E-state index contributed by atoms with van der Waals surface area (Å²) in [5.41, 5.74) is 3.44. The molecule has 0 spiro atoms. The molecule has 0 atom stereocenters. The molecule has 0 aliphatic heterocycles. The van der Waals surface area contributed by atoms with Gasteiger partial charge in [0.15, 0.2) is 0 Å². The molecule has 7 heteroatoms. The lowest BCUT2D eigenvalue weighted by Crippen LogP contribution is -2.15. The monoisotopic (exact) mass is 355 g/mol. The van der Waals surface area contributed by atoms with Crippen molar-refractivity contribution in [3.63, 3.8) is 0 Å². The van der Waals surface area contributed by atoms with Gasteiger partial charge in [-0.05, 0) is 31.2 Å². The number of anilines is 2. The second-order valence-electron chi connectivity index (χ2n) is 5.83. The highest BCUT2D eigenvalue weighted by molar-refractivity contribution is 6.30. The molecule has 2 N–H and O–H groups in total. The maximum atomic E-state index is 12.5. The molecular weight excluding hydrogens is 338 g/mol. The summed E-state index contributed by atoms with van der Waals surface area (Å²) in [5, 5.41) is 10.6. The summed E-state index contributed by atoms with van der Waals surface area (Å²) in [5.74, 6) is 0.561. The number of benzene rings is 1. The summed E-state index contributed by atoms with van der Waals surface area (Å²) >= 11 is 5.91. The van der Waals surface area contributed by atoms with Gasteiger partial charge < -0.3 is 10.2 Å². The van der Waals surface area contributed by atoms with E-state index in [2.05, 4.69) is 20.5 Å². The molecule has 128 valence electrons. The molecule has 25 heavy (non-hydrogen) atoms. The van der Waals surface area contributed by atoms with E-state index in [1.165, 1.54) is 0 Å². The fourth-order valence-electron chi connectivity index (χ4n) is 2.43. The van der Waals surface area contributed by atoms with Crippen LogP contribution in [0.3, 0.4) is 0 Å². The van der Waals surface area contributed by atoms with Gasteiger partial charge in [-0.3, -0.25) is 9.89 Å². The number of hydrogen-bond acceptors (Lipinski definition) is 4. The summed E-state index contributed by atoms with van der Waals surface area (Å²) < 4.78 is 0. The van der Waals surface area contributed by atoms with E-state index in [1.54, 1.807) is 18.3 Å². The summed E-state index contributed by atoms with van der Waals surface area (Å²) in [6, 6.07) is 11.0. The van der Waals surface area contributed by atoms with Gasteiger partial charge >= 0.3 is 0 Å². The predicted octanol–water partition coefficient (Wildman–Crippen LogP) is 3.75. The van der Waals surface area contributed by atoms with E-state index in [-0.39, 0.29) is 5.91 Å². The van der Waals surface area contributed by atoms with Gasteiger partial charge in [0.1, 0.15) is 11.5 Å². The second kappa shape index (κ2) is 6.94. The molecule has 3 aromatic rings. The Kier molecular flexibility index (Phi) is 4.72. The molecule has 6 nitrogen and oxygen atoms in total. The van der Waals surface area contributed by atoms with Gasteiger partial charge in [-0.25, -0.2) is 4.98 Å². The molecule has 1 aromatic carbocycles. The molecule has 2 aromatic heterocycles. The van der Waals surface area contributed by atoms with Crippen LogP contribution in [-0.2, 0) is 0 Å². The van der Waals surface area contributed by atoms with Gasteiger partial charge in [-0.2, -0.15) is 5.10 Å². The Morgan fingerprint density at radius 3 is 2.48 bits per heavy atom. The molecule has 0 saturated heterocycles. The first-order valence-corrected chi connectivity index (χ1v) is 8.09. The van der Waals surface area contributed by atoms with E-state index >= 15 is 0 Å². The van der Waals surface area contributed by atoms with Crippen LogP contribution >= 0.6 is 11.6 Å². The maximum absolute atomic E-state index is 12.5. The predicted molar refractivity (Wildman–Crippen MR) is 100 cm³/mol. The Balaban J connectivity index is 1.80. The fraction of sp³-hybridized carbons (Fsp3) is 0.167. The molecule has 0 aliphatic rings. The third kappa shape index (κ3) is 3.64. The summed E-state index contributed by atoms with van der Waals surface area (Å²) in [7, 11) is 3.82. The van der Waals surface area contributed by atoms with Crippen molar-refractivity contribution in [1.82, 2.24) is 15.2 Å². The minimum Gasteiger partial charge on any atom is -0.363 e. The Bertz CT molecular complexity index is 885. The largest absolute Gasteiger partial charge is 0.363 e. The van der Waals surface area contributed by atoms with Crippen LogP contribution in [0.1, 0.15) is 16.1 Å². The number of pyridine rings is 1. The van der Waals surface area contributed by atoms with Gasteiger partial charge in [0, 0.05) is 30.2 Å². The first kappa shape index (κ1) is 17.0. The van der Waals surface area contributed by atoms with Crippen LogP contribution in [-0.4, -0.2) is 35.2 Å². The third-order valence-electron chi connectivity index (χ3n) is 3.82. The van der Waals surface area contributed by atoms with Crippen LogP contribution in [0.4, 0.5) is 11.5 Å².